The van der Waals surface area contributed by atoms with E-state index in [0.29, 0.717) is 6.04 Å². The van der Waals surface area contributed by atoms with Crippen molar-refractivity contribution in [2.45, 2.75) is 25.3 Å². The van der Waals surface area contributed by atoms with E-state index >= 15 is 0 Å². The quantitative estimate of drug-likeness (QED) is 0.736. The van der Waals surface area contributed by atoms with E-state index in [2.05, 4.69) is 21.7 Å². The first-order valence-corrected chi connectivity index (χ1v) is 5.98. The predicted molar refractivity (Wildman–Crippen MR) is 64.8 cm³/mol. The van der Waals surface area contributed by atoms with Gasteiger partial charge in [0.2, 0.25) is 0 Å². The largest absolute Gasteiger partial charge is 0.330 e. The van der Waals surface area contributed by atoms with E-state index in [1.807, 2.05) is 24.8 Å². The van der Waals surface area contributed by atoms with Gasteiger partial charge >= 0.3 is 0 Å². The fraction of sp³-hybridized carbons (Fsp3) is 0.308. The standard InChI is InChI=1S/C13H13ClN2/c14-11-5-4-10-2-1-3-13(12(10)8-11)16-7-6-15-9-16/h4-9,13H,1-3H2. The third-order valence-corrected chi connectivity index (χ3v) is 3.51. The number of hydrogen-bond donors (Lipinski definition) is 0. The summed E-state index contributed by atoms with van der Waals surface area (Å²) < 4.78 is 2.17. The summed E-state index contributed by atoms with van der Waals surface area (Å²) in [6.07, 6.45) is 9.32. The second-order valence-electron chi connectivity index (χ2n) is 4.26. The molecule has 0 N–H and O–H groups in total. The molecule has 0 saturated heterocycles. The van der Waals surface area contributed by atoms with Crippen LogP contribution in [0, 0.1) is 0 Å². The minimum absolute atomic E-state index is 0.407. The van der Waals surface area contributed by atoms with Crippen LogP contribution in [0.25, 0.3) is 0 Å². The number of imidazole rings is 1. The lowest BCUT2D eigenvalue weighted by Crippen LogP contribution is -2.16. The summed E-state index contributed by atoms with van der Waals surface area (Å²) in [6.45, 7) is 0. The molecule has 1 heterocycles. The Hall–Kier alpha value is -1.28. The van der Waals surface area contributed by atoms with Crippen molar-refractivity contribution < 1.29 is 0 Å². The third-order valence-electron chi connectivity index (χ3n) is 3.28. The van der Waals surface area contributed by atoms with Crippen molar-refractivity contribution in [3.63, 3.8) is 0 Å². The van der Waals surface area contributed by atoms with Crippen LogP contribution in [0.15, 0.2) is 36.9 Å². The van der Waals surface area contributed by atoms with Crippen LogP contribution < -0.4 is 0 Å². The van der Waals surface area contributed by atoms with Gasteiger partial charge in [-0.05, 0) is 42.5 Å². The average Bonchev–Trinajstić information content (AvgIpc) is 2.81. The molecule has 3 heteroatoms. The molecular weight excluding hydrogens is 220 g/mol. The molecule has 1 aromatic heterocycles. The highest BCUT2D eigenvalue weighted by atomic mass is 35.5. The number of halogens is 1. The minimum Gasteiger partial charge on any atom is -0.330 e. The number of aromatic nitrogens is 2. The molecule has 1 atom stereocenters. The Morgan fingerprint density at radius 3 is 3.12 bits per heavy atom. The Morgan fingerprint density at radius 1 is 1.38 bits per heavy atom. The van der Waals surface area contributed by atoms with Gasteiger partial charge in [-0.15, -0.1) is 0 Å². The molecule has 0 radical (unpaired) electrons. The predicted octanol–water partition coefficient (Wildman–Crippen LogP) is 3.46. The average molecular weight is 233 g/mol. The molecule has 0 spiro atoms. The number of fused-ring (bicyclic) bond motifs is 1. The normalized spacial score (nSPS) is 19.4. The highest BCUT2D eigenvalue weighted by Crippen LogP contribution is 2.34. The maximum atomic E-state index is 6.08. The van der Waals surface area contributed by atoms with Gasteiger partial charge in [-0.2, -0.15) is 0 Å². The van der Waals surface area contributed by atoms with E-state index < -0.39 is 0 Å². The smallest absolute Gasteiger partial charge is 0.0951 e. The molecule has 1 aliphatic rings. The van der Waals surface area contributed by atoms with E-state index in [4.69, 9.17) is 11.6 Å². The summed E-state index contributed by atoms with van der Waals surface area (Å²) in [7, 11) is 0. The van der Waals surface area contributed by atoms with Gasteiger partial charge in [0, 0.05) is 17.4 Å². The van der Waals surface area contributed by atoms with Crippen LogP contribution in [0.2, 0.25) is 5.02 Å². The van der Waals surface area contributed by atoms with Gasteiger partial charge in [0.1, 0.15) is 0 Å². The van der Waals surface area contributed by atoms with E-state index in [9.17, 15) is 0 Å². The molecule has 82 valence electrons. The molecule has 0 saturated carbocycles. The van der Waals surface area contributed by atoms with Crippen LogP contribution >= 0.6 is 11.6 Å². The van der Waals surface area contributed by atoms with Crippen molar-refractivity contribution in [3.05, 3.63) is 53.1 Å². The van der Waals surface area contributed by atoms with Crippen LogP contribution in [-0.2, 0) is 6.42 Å². The van der Waals surface area contributed by atoms with Crippen molar-refractivity contribution >= 4 is 11.6 Å². The summed E-state index contributed by atoms with van der Waals surface area (Å²) in [6, 6.07) is 6.64. The summed E-state index contributed by atoms with van der Waals surface area (Å²) in [4.78, 5) is 4.12. The molecule has 1 aliphatic carbocycles. The summed E-state index contributed by atoms with van der Waals surface area (Å²) in [5, 5.41) is 0.825. The number of rotatable bonds is 1. The molecule has 0 fully saturated rings. The molecule has 0 amide bonds. The van der Waals surface area contributed by atoms with Gasteiger partial charge in [0.25, 0.3) is 0 Å². The fourth-order valence-corrected chi connectivity index (χ4v) is 2.69. The zero-order valence-electron chi connectivity index (χ0n) is 8.94. The summed E-state index contributed by atoms with van der Waals surface area (Å²) in [5.74, 6) is 0. The molecule has 0 aliphatic heterocycles. The summed E-state index contributed by atoms with van der Waals surface area (Å²) >= 11 is 6.08. The van der Waals surface area contributed by atoms with Crippen LogP contribution in [0.3, 0.4) is 0 Å². The van der Waals surface area contributed by atoms with E-state index in [1.165, 1.54) is 24.0 Å². The Balaban J connectivity index is 2.08. The van der Waals surface area contributed by atoms with Crippen LogP contribution in [0.1, 0.15) is 30.0 Å². The third kappa shape index (κ3) is 1.63. The minimum atomic E-state index is 0.407. The number of nitrogens with zero attached hydrogens (tertiary/aromatic N) is 2. The Kier molecular flexibility index (Phi) is 2.44. The molecule has 1 unspecified atom stereocenters. The highest BCUT2D eigenvalue weighted by molar-refractivity contribution is 6.30. The fourth-order valence-electron chi connectivity index (χ4n) is 2.51. The number of hydrogen-bond acceptors (Lipinski definition) is 1. The van der Waals surface area contributed by atoms with Gasteiger partial charge in [-0.1, -0.05) is 17.7 Å². The second kappa shape index (κ2) is 3.95. The van der Waals surface area contributed by atoms with Crippen LogP contribution in [0.5, 0.6) is 0 Å². The van der Waals surface area contributed by atoms with Crippen LogP contribution in [0.4, 0.5) is 0 Å². The lowest BCUT2D eigenvalue weighted by Gasteiger charge is -2.26. The maximum absolute atomic E-state index is 6.08. The van der Waals surface area contributed by atoms with Gasteiger partial charge in [-0.25, -0.2) is 4.98 Å². The first-order chi connectivity index (χ1) is 7.84. The van der Waals surface area contributed by atoms with E-state index in [-0.39, 0.29) is 0 Å². The monoisotopic (exact) mass is 232 g/mol. The molecular formula is C13H13ClN2. The van der Waals surface area contributed by atoms with Crippen molar-refractivity contribution in [3.8, 4) is 0 Å². The lowest BCUT2D eigenvalue weighted by atomic mass is 9.87. The second-order valence-corrected chi connectivity index (χ2v) is 4.70. The molecule has 16 heavy (non-hydrogen) atoms. The topological polar surface area (TPSA) is 17.8 Å². The molecule has 1 aromatic carbocycles. The van der Waals surface area contributed by atoms with E-state index in [1.54, 1.807) is 0 Å². The zero-order chi connectivity index (χ0) is 11.0. The molecule has 2 aromatic rings. The maximum Gasteiger partial charge on any atom is 0.0951 e. The van der Waals surface area contributed by atoms with Crippen molar-refractivity contribution in [1.29, 1.82) is 0 Å². The molecule has 2 nitrogen and oxygen atoms in total. The van der Waals surface area contributed by atoms with E-state index in [0.717, 1.165) is 11.4 Å². The van der Waals surface area contributed by atoms with Crippen molar-refractivity contribution in [2.75, 3.05) is 0 Å². The zero-order valence-corrected chi connectivity index (χ0v) is 9.69. The number of benzene rings is 1. The SMILES string of the molecule is Clc1ccc2c(c1)C(n1ccnc1)CCC2. The Labute approximate surface area is 99.9 Å². The van der Waals surface area contributed by atoms with Crippen LogP contribution in [-0.4, -0.2) is 9.55 Å². The van der Waals surface area contributed by atoms with Gasteiger partial charge in [-0.3, -0.25) is 0 Å². The van der Waals surface area contributed by atoms with Gasteiger partial charge < -0.3 is 4.57 Å². The van der Waals surface area contributed by atoms with Crippen molar-refractivity contribution in [1.82, 2.24) is 9.55 Å². The number of aryl methyl sites for hydroxylation is 1. The Morgan fingerprint density at radius 2 is 2.31 bits per heavy atom. The highest BCUT2D eigenvalue weighted by Gasteiger charge is 2.21. The van der Waals surface area contributed by atoms with Crippen molar-refractivity contribution in [2.24, 2.45) is 0 Å². The lowest BCUT2D eigenvalue weighted by molar-refractivity contribution is 0.489. The Bertz CT molecular complexity index is 491. The first-order valence-electron chi connectivity index (χ1n) is 5.60. The van der Waals surface area contributed by atoms with Gasteiger partial charge in [0.05, 0.1) is 12.4 Å². The summed E-state index contributed by atoms with van der Waals surface area (Å²) in [5.41, 5.74) is 2.78. The molecule has 3 rings (SSSR count). The van der Waals surface area contributed by atoms with Gasteiger partial charge in [0.15, 0.2) is 0 Å². The molecule has 0 bridgehead atoms. The first kappa shape index (κ1) is 9.91.